The zero-order valence-electron chi connectivity index (χ0n) is 17.4. The molecule has 2 N–H and O–H groups in total. The molecule has 4 rings (SSSR count). The lowest BCUT2D eigenvalue weighted by Crippen LogP contribution is -2.34. The standard InChI is InChI=1S/C24H20ClN3O2S2/c1-3-30-20-11-9-15(13-17(20)25)22(29)28-24(31)27-18-10-8-16(12-14(18)2)23-26-19-6-4-5-7-21(19)32-23/h4-13H,3H2,1-2H3,(H2,27,28,29,31). The molecule has 1 amide bonds. The number of thiocarbonyl (C=S) groups is 1. The van der Waals surface area contributed by atoms with E-state index >= 15 is 0 Å². The zero-order valence-corrected chi connectivity index (χ0v) is 19.8. The van der Waals surface area contributed by atoms with Gasteiger partial charge in [-0.25, -0.2) is 4.98 Å². The number of aryl methyl sites for hydroxylation is 1. The first-order valence-corrected chi connectivity index (χ1v) is 11.6. The van der Waals surface area contributed by atoms with Crippen molar-refractivity contribution in [2.45, 2.75) is 13.8 Å². The number of carbonyl (C=O) groups is 1. The largest absolute Gasteiger partial charge is 0.492 e. The predicted molar refractivity (Wildman–Crippen MR) is 136 cm³/mol. The molecular weight excluding hydrogens is 462 g/mol. The molecule has 4 aromatic rings. The molecule has 0 atom stereocenters. The average molecular weight is 482 g/mol. The van der Waals surface area contributed by atoms with Crippen LogP contribution in [0.3, 0.4) is 0 Å². The highest BCUT2D eigenvalue weighted by Crippen LogP contribution is 2.32. The summed E-state index contributed by atoms with van der Waals surface area (Å²) in [5.41, 5.74) is 4.22. The zero-order chi connectivity index (χ0) is 22.7. The number of para-hydroxylation sites is 1. The smallest absolute Gasteiger partial charge is 0.257 e. The Bertz CT molecular complexity index is 1290. The Morgan fingerprint density at radius 3 is 2.69 bits per heavy atom. The van der Waals surface area contributed by atoms with E-state index in [2.05, 4.69) is 22.8 Å². The van der Waals surface area contributed by atoms with Crippen LogP contribution in [0.1, 0.15) is 22.8 Å². The Morgan fingerprint density at radius 2 is 1.97 bits per heavy atom. The lowest BCUT2D eigenvalue weighted by Gasteiger charge is -2.13. The third-order valence-electron chi connectivity index (χ3n) is 4.74. The Labute approximate surface area is 200 Å². The number of rotatable bonds is 5. The van der Waals surface area contributed by atoms with E-state index in [0.717, 1.165) is 32.0 Å². The first-order valence-electron chi connectivity index (χ1n) is 9.96. The van der Waals surface area contributed by atoms with E-state index in [9.17, 15) is 4.79 Å². The van der Waals surface area contributed by atoms with Gasteiger partial charge in [-0.3, -0.25) is 10.1 Å². The summed E-state index contributed by atoms with van der Waals surface area (Å²) in [6.45, 7) is 4.35. The van der Waals surface area contributed by atoms with Crippen molar-refractivity contribution >= 4 is 62.1 Å². The summed E-state index contributed by atoms with van der Waals surface area (Å²) in [6, 6.07) is 18.9. The predicted octanol–water partition coefficient (Wildman–Crippen LogP) is 6.45. The van der Waals surface area contributed by atoms with Crippen LogP contribution in [0.4, 0.5) is 5.69 Å². The molecule has 0 radical (unpaired) electrons. The highest BCUT2D eigenvalue weighted by molar-refractivity contribution is 7.80. The molecule has 162 valence electrons. The second-order valence-corrected chi connectivity index (χ2v) is 8.85. The van der Waals surface area contributed by atoms with E-state index in [-0.39, 0.29) is 11.0 Å². The van der Waals surface area contributed by atoms with Crippen molar-refractivity contribution < 1.29 is 9.53 Å². The first kappa shape index (κ1) is 22.2. The van der Waals surface area contributed by atoms with Gasteiger partial charge in [0, 0.05) is 16.8 Å². The maximum atomic E-state index is 12.5. The molecule has 0 aliphatic rings. The Morgan fingerprint density at radius 1 is 1.16 bits per heavy atom. The molecule has 1 aromatic heterocycles. The fourth-order valence-electron chi connectivity index (χ4n) is 3.18. The number of fused-ring (bicyclic) bond motifs is 1. The van der Waals surface area contributed by atoms with Crippen molar-refractivity contribution in [3.05, 3.63) is 76.8 Å². The minimum Gasteiger partial charge on any atom is -0.492 e. The maximum absolute atomic E-state index is 12.5. The number of halogens is 1. The van der Waals surface area contributed by atoms with Crippen molar-refractivity contribution in [3.8, 4) is 16.3 Å². The number of benzene rings is 3. The van der Waals surface area contributed by atoms with Crippen molar-refractivity contribution in [2.24, 2.45) is 0 Å². The van der Waals surface area contributed by atoms with Gasteiger partial charge in [-0.05, 0) is 80.2 Å². The highest BCUT2D eigenvalue weighted by atomic mass is 35.5. The van der Waals surface area contributed by atoms with Crippen LogP contribution in [0, 0.1) is 6.92 Å². The van der Waals surface area contributed by atoms with Gasteiger partial charge < -0.3 is 10.1 Å². The Balaban J connectivity index is 1.44. The van der Waals surface area contributed by atoms with Gasteiger partial charge in [-0.15, -0.1) is 11.3 Å². The summed E-state index contributed by atoms with van der Waals surface area (Å²) >= 11 is 13.2. The number of aromatic nitrogens is 1. The first-order chi connectivity index (χ1) is 15.4. The van der Waals surface area contributed by atoms with E-state index in [1.165, 1.54) is 0 Å². The normalized spacial score (nSPS) is 10.7. The van der Waals surface area contributed by atoms with Gasteiger partial charge in [0.15, 0.2) is 5.11 Å². The van der Waals surface area contributed by atoms with E-state index in [1.54, 1.807) is 29.5 Å². The van der Waals surface area contributed by atoms with Crippen LogP contribution in [-0.2, 0) is 0 Å². The maximum Gasteiger partial charge on any atom is 0.257 e. The molecule has 1 heterocycles. The number of ether oxygens (including phenoxy) is 1. The van der Waals surface area contributed by atoms with E-state index in [0.29, 0.717) is 22.9 Å². The molecule has 0 saturated heterocycles. The highest BCUT2D eigenvalue weighted by Gasteiger charge is 2.13. The van der Waals surface area contributed by atoms with Gasteiger partial charge in [-0.1, -0.05) is 23.7 Å². The minimum absolute atomic E-state index is 0.204. The number of anilines is 1. The molecule has 0 saturated carbocycles. The van der Waals surface area contributed by atoms with Crippen LogP contribution in [0.15, 0.2) is 60.7 Å². The Hall–Kier alpha value is -3.00. The van der Waals surface area contributed by atoms with Crippen LogP contribution in [0.2, 0.25) is 5.02 Å². The van der Waals surface area contributed by atoms with Gasteiger partial charge in [0.2, 0.25) is 0 Å². The fourth-order valence-corrected chi connectivity index (χ4v) is 4.58. The van der Waals surface area contributed by atoms with Crippen LogP contribution < -0.4 is 15.4 Å². The second kappa shape index (κ2) is 9.65. The van der Waals surface area contributed by atoms with Crippen molar-refractivity contribution in [1.82, 2.24) is 10.3 Å². The molecule has 0 aliphatic carbocycles. The van der Waals surface area contributed by atoms with Gasteiger partial charge in [0.05, 0.1) is 21.8 Å². The van der Waals surface area contributed by atoms with Crippen molar-refractivity contribution in [2.75, 3.05) is 11.9 Å². The number of hydrogen-bond acceptors (Lipinski definition) is 5. The molecular formula is C24H20ClN3O2S2. The molecule has 0 unspecified atom stereocenters. The third kappa shape index (κ3) is 4.91. The molecule has 0 spiro atoms. The number of hydrogen-bond donors (Lipinski definition) is 2. The molecule has 3 aromatic carbocycles. The van der Waals surface area contributed by atoms with E-state index in [4.69, 9.17) is 33.5 Å². The quantitative estimate of drug-likeness (QED) is 0.321. The fraction of sp³-hybridized carbons (Fsp3) is 0.125. The molecule has 0 bridgehead atoms. The topological polar surface area (TPSA) is 63.2 Å². The molecule has 5 nitrogen and oxygen atoms in total. The van der Waals surface area contributed by atoms with E-state index < -0.39 is 0 Å². The van der Waals surface area contributed by atoms with Crippen LogP contribution >= 0.6 is 35.2 Å². The number of nitrogens with zero attached hydrogens (tertiary/aromatic N) is 1. The summed E-state index contributed by atoms with van der Waals surface area (Å²) in [7, 11) is 0. The third-order valence-corrected chi connectivity index (χ3v) is 6.32. The monoisotopic (exact) mass is 481 g/mol. The molecule has 8 heteroatoms. The van der Waals surface area contributed by atoms with Gasteiger partial charge in [-0.2, -0.15) is 0 Å². The Kier molecular flexibility index (Phi) is 6.69. The van der Waals surface area contributed by atoms with Crippen molar-refractivity contribution in [3.63, 3.8) is 0 Å². The van der Waals surface area contributed by atoms with E-state index in [1.807, 2.05) is 44.2 Å². The summed E-state index contributed by atoms with van der Waals surface area (Å²) in [4.78, 5) is 17.2. The summed E-state index contributed by atoms with van der Waals surface area (Å²) in [5, 5.41) is 7.31. The molecule has 0 fully saturated rings. The van der Waals surface area contributed by atoms with Crippen LogP contribution in [-0.4, -0.2) is 22.6 Å². The van der Waals surface area contributed by atoms with Crippen LogP contribution in [0.25, 0.3) is 20.8 Å². The minimum atomic E-state index is -0.351. The molecule has 32 heavy (non-hydrogen) atoms. The number of carbonyl (C=O) groups excluding carboxylic acids is 1. The average Bonchev–Trinajstić information content (AvgIpc) is 3.21. The summed E-state index contributed by atoms with van der Waals surface area (Å²) in [5.74, 6) is 0.187. The summed E-state index contributed by atoms with van der Waals surface area (Å²) in [6.07, 6.45) is 0. The lowest BCUT2D eigenvalue weighted by molar-refractivity contribution is 0.0977. The lowest BCUT2D eigenvalue weighted by atomic mass is 10.1. The van der Waals surface area contributed by atoms with Gasteiger partial charge in [0.1, 0.15) is 10.8 Å². The number of nitrogens with one attached hydrogen (secondary N) is 2. The van der Waals surface area contributed by atoms with Crippen LogP contribution in [0.5, 0.6) is 5.75 Å². The number of thiazole rings is 1. The molecule has 0 aliphatic heterocycles. The number of amides is 1. The van der Waals surface area contributed by atoms with Crippen molar-refractivity contribution in [1.29, 1.82) is 0 Å². The summed E-state index contributed by atoms with van der Waals surface area (Å²) < 4.78 is 6.55. The van der Waals surface area contributed by atoms with Gasteiger partial charge in [0.25, 0.3) is 5.91 Å². The van der Waals surface area contributed by atoms with Gasteiger partial charge >= 0.3 is 0 Å². The second-order valence-electron chi connectivity index (χ2n) is 7.00. The SMILES string of the molecule is CCOc1ccc(C(=O)NC(=S)Nc2ccc(-c3nc4ccccc4s3)cc2C)cc1Cl.